The molecular weight excluding hydrogens is 234 g/mol. The predicted octanol–water partition coefficient (Wildman–Crippen LogP) is 3.53. The number of hydrogen-bond acceptors (Lipinski definition) is 1. The van der Waals surface area contributed by atoms with E-state index in [1.807, 2.05) is 19.1 Å². The topological polar surface area (TPSA) is 20.2 Å². The van der Waals surface area contributed by atoms with Crippen LogP contribution in [0.3, 0.4) is 0 Å². The van der Waals surface area contributed by atoms with Crippen molar-refractivity contribution in [2.75, 3.05) is 0 Å². The first-order valence-corrected chi connectivity index (χ1v) is 5.67. The van der Waals surface area contributed by atoms with Gasteiger partial charge in [0, 0.05) is 0 Å². The van der Waals surface area contributed by atoms with Crippen LogP contribution in [-0.2, 0) is 5.60 Å². The van der Waals surface area contributed by atoms with Crippen LogP contribution in [0, 0.1) is 18.6 Å². The molecule has 0 aliphatic rings. The number of aliphatic hydroxyl groups is 1. The Labute approximate surface area is 105 Å². The van der Waals surface area contributed by atoms with Gasteiger partial charge >= 0.3 is 0 Å². The maximum Gasteiger partial charge on any atom is 0.159 e. The van der Waals surface area contributed by atoms with Crippen LogP contribution >= 0.6 is 0 Å². The van der Waals surface area contributed by atoms with Gasteiger partial charge in [0.2, 0.25) is 0 Å². The average molecular weight is 248 g/mol. The Morgan fingerprint density at radius 3 is 2.28 bits per heavy atom. The number of hydrogen-bond donors (Lipinski definition) is 1. The highest BCUT2D eigenvalue weighted by Gasteiger charge is 2.27. The minimum absolute atomic E-state index is 0.329. The van der Waals surface area contributed by atoms with Crippen molar-refractivity contribution in [3.63, 3.8) is 0 Å². The summed E-state index contributed by atoms with van der Waals surface area (Å²) in [7, 11) is 0. The van der Waals surface area contributed by atoms with Gasteiger partial charge in [0.15, 0.2) is 11.6 Å². The van der Waals surface area contributed by atoms with Crippen LogP contribution < -0.4 is 0 Å². The Bertz CT molecular complexity index is 576. The summed E-state index contributed by atoms with van der Waals surface area (Å²) in [6, 6.07) is 10.8. The lowest BCUT2D eigenvalue weighted by atomic mass is 9.85. The fraction of sp³-hybridized carbons (Fsp3) is 0.200. The molecule has 0 aliphatic carbocycles. The third-order valence-electron chi connectivity index (χ3n) is 3.15. The van der Waals surface area contributed by atoms with Crippen LogP contribution in [0.15, 0.2) is 42.5 Å². The van der Waals surface area contributed by atoms with E-state index in [0.29, 0.717) is 11.1 Å². The first-order valence-electron chi connectivity index (χ1n) is 5.67. The zero-order valence-electron chi connectivity index (χ0n) is 10.2. The van der Waals surface area contributed by atoms with Gasteiger partial charge in [0.05, 0.1) is 0 Å². The molecule has 0 aliphatic heterocycles. The van der Waals surface area contributed by atoms with Gasteiger partial charge in [-0.05, 0) is 42.7 Å². The fourth-order valence-electron chi connectivity index (χ4n) is 2.07. The molecule has 1 unspecified atom stereocenters. The van der Waals surface area contributed by atoms with Crippen molar-refractivity contribution in [3.8, 4) is 0 Å². The summed E-state index contributed by atoms with van der Waals surface area (Å²) in [5.74, 6) is -1.87. The third-order valence-corrected chi connectivity index (χ3v) is 3.15. The number of halogens is 2. The molecule has 2 aromatic rings. The van der Waals surface area contributed by atoms with Gasteiger partial charge in [-0.1, -0.05) is 30.3 Å². The van der Waals surface area contributed by atoms with Crippen molar-refractivity contribution >= 4 is 0 Å². The summed E-state index contributed by atoms with van der Waals surface area (Å²) in [5.41, 5.74) is 0.554. The summed E-state index contributed by atoms with van der Waals surface area (Å²) in [5, 5.41) is 10.6. The zero-order valence-corrected chi connectivity index (χ0v) is 10.2. The van der Waals surface area contributed by atoms with Crippen LogP contribution in [0.4, 0.5) is 8.78 Å². The van der Waals surface area contributed by atoms with Crippen molar-refractivity contribution < 1.29 is 13.9 Å². The minimum atomic E-state index is -1.35. The summed E-state index contributed by atoms with van der Waals surface area (Å²) >= 11 is 0. The smallest absolute Gasteiger partial charge is 0.159 e. The second kappa shape index (κ2) is 4.50. The van der Waals surface area contributed by atoms with Crippen molar-refractivity contribution in [2.45, 2.75) is 19.4 Å². The highest BCUT2D eigenvalue weighted by molar-refractivity contribution is 5.39. The Morgan fingerprint density at radius 1 is 1.00 bits per heavy atom. The molecule has 1 nitrogen and oxygen atoms in total. The molecule has 18 heavy (non-hydrogen) atoms. The van der Waals surface area contributed by atoms with E-state index in [4.69, 9.17) is 0 Å². The molecule has 3 heteroatoms. The second-order valence-electron chi connectivity index (χ2n) is 4.52. The molecule has 0 saturated carbocycles. The van der Waals surface area contributed by atoms with Gasteiger partial charge in [0.25, 0.3) is 0 Å². The van der Waals surface area contributed by atoms with E-state index in [1.54, 1.807) is 19.1 Å². The molecule has 0 bridgehead atoms. The largest absolute Gasteiger partial charge is 0.381 e. The number of benzene rings is 2. The third kappa shape index (κ3) is 2.14. The molecule has 0 heterocycles. The molecule has 1 N–H and O–H groups in total. The normalized spacial score (nSPS) is 14.3. The molecule has 0 saturated heterocycles. The zero-order chi connectivity index (χ0) is 13.3. The minimum Gasteiger partial charge on any atom is -0.381 e. The Morgan fingerprint density at radius 2 is 1.67 bits per heavy atom. The highest BCUT2D eigenvalue weighted by Crippen LogP contribution is 2.31. The van der Waals surface area contributed by atoms with Gasteiger partial charge in [-0.3, -0.25) is 0 Å². The van der Waals surface area contributed by atoms with E-state index >= 15 is 0 Å². The fourth-order valence-corrected chi connectivity index (χ4v) is 2.07. The summed E-state index contributed by atoms with van der Waals surface area (Å²) in [4.78, 5) is 0. The van der Waals surface area contributed by atoms with E-state index in [9.17, 15) is 13.9 Å². The van der Waals surface area contributed by atoms with E-state index in [1.165, 1.54) is 6.07 Å². The van der Waals surface area contributed by atoms with Crippen molar-refractivity contribution in [1.29, 1.82) is 0 Å². The van der Waals surface area contributed by atoms with Crippen molar-refractivity contribution in [1.82, 2.24) is 0 Å². The van der Waals surface area contributed by atoms with E-state index in [0.717, 1.165) is 17.7 Å². The molecule has 2 rings (SSSR count). The van der Waals surface area contributed by atoms with Gasteiger partial charge in [0.1, 0.15) is 5.60 Å². The van der Waals surface area contributed by atoms with Crippen molar-refractivity contribution in [3.05, 3.63) is 70.8 Å². The number of aryl methyl sites for hydroxylation is 1. The molecule has 0 amide bonds. The molecule has 0 radical (unpaired) electrons. The Kier molecular flexibility index (Phi) is 3.18. The summed E-state index contributed by atoms with van der Waals surface area (Å²) < 4.78 is 26.2. The Hall–Kier alpha value is -1.74. The first-order chi connectivity index (χ1) is 8.43. The van der Waals surface area contributed by atoms with Crippen LogP contribution in [0.25, 0.3) is 0 Å². The van der Waals surface area contributed by atoms with E-state index in [-0.39, 0.29) is 0 Å². The van der Waals surface area contributed by atoms with E-state index in [2.05, 4.69) is 0 Å². The lowest BCUT2D eigenvalue weighted by Gasteiger charge is -2.26. The SMILES string of the molecule is Cc1ccccc1C(C)(O)c1ccc(F)c(F)c1. The quantitative estimate of drug-likeness (QED) is 0.862. The molecular formula is C15H14F2O. The van der Waals surface area contributed by atoms with Crippen LogP contribution in [-0.4, -0.2) is 5.11 Å². The second-order valence-corrected chi connectivity index (χ2v) is 4.52. The lowest BCUT2D eigenvalue weighted by Crippen LogP contribution is -2.24. The van der Waals surface area contributed by atoms with Gasteiger partial charge in [-0.15, -0.1) is 0 Å². The molecule has 1 atom stereocenters. The summed E-state index contributed by atoms with van der Waals surface area (Å²) in [6.45, 7) is 3.44. The molecule has 94 valence electrons. The molecule has 0 aromatic heterocycles. The average Bonchev–Trinajstić information content (AvgIpc) is 2.33. The maximum atomic E-state index is 13.2. The molecule has 0 fully saturated rings. The van der Waals surface area contributed by atoms with Gasteiger partial charge in [-0.25, -0.2) is 8.78 Å². The highest BCUT2D eigenvalue weighted by atomic mass is 19.2. The molecule has 0 spiro atoms. The predicted molar refractivity (Wildman–Crippen MR) is 66.2 cm³/mol. The Balaban J connectivity index is 2.54. The standard InChI is InChI=1S/C15H14F2O/c1-10-5-3-4-6-12(10)15(2,18)11-7-8-13(16)14(17)9-11/h3-9,18H,1-2H3. The number of rotatable bonds is 2. The van der Waals surface area contributed by atoms with Gasteiger partial charge in [-0.2, -0.15) is 0 Å². The summed E-state index contributed by atoms with van der Waals surface area (Å²) in [6.07, 6.45) is 0. The maximum absolute atomic E-state index is 13.2. The monoisotopic (exact) mass is 248 g/mol. The lowest BCUT2D eigenvalue weighted by molar-refractivity contribution is 0.101. The van der Waals surface area contributed by atoms with Crippen LogP contribution in [0.5, 0.6) is 0 Å². The van der Waals surface area contributed by atoms with Gasteiger partial charge < -0.3 is 5.11 Å². The van der Waals surface area contributed by atoms with Crippen molar-refractivity contribution in [2.24, 2.45) is 0 Å². The first kappa shape index (κ1) is 12.7. The van der Waals surface area contributed by atoms with Crippen LogP contribution in [0.2, 0.25) is 0 Å². The van der Waals surface area contributed by atoms with E-state index < -0.39 is 17.2 Å². The van der Waals surface area contributed by atoms with Crippen LogP contribution in [0.1, 0.15) is 23.6 Å². The molecule has 2 aromatic carbocycles.